The molecule has 3 aromatic rings. The van der Waals surface area contributed by atoms with Crippen LogP contribution in [0.3, 0.4) is 0 Å². The van der Waals surface area contributed by atoms with Crippen molar-refractivity contribution in [2.75, 3.05) is 6.54 Å². The zero-order valence-corrected chi connectivity index (χ0v) is 16.2. The van der Waals surface area contributed by atoms with Gasteiger partial charge in [0.15, 0.2) is 10.2 Å². The highest BCUT2D eigenvalue weighted by molar-refractivity contribution is 8.00. The first-order valence-corrected chi connectivity index (χ1v) is 10.3. The number of hydrogen-bond donors (Lipinski definition) is 1. The number of fused-ring (bicyclic) bond motifs is 1. The predicted octanol–water partition coefficient (Wildman–Crippen LogP) is 3.74. The average Bonchev–Trinajstić information content (AvgIpc) is 3.14. The van der Waals surface area contributed by atoms with Crippen molar-refractivity contribution in [1.82, 2.24) is 19.8 Å². The summed E-state index contributed by atoms with van der Waals surface area (Å²) in [4.78, 5) is 0.846. The SMILES string of the molecule is [NH3+]CCCCCc1nnc2sc(SCc3ccc(Cl)c(Cl)c3)nn12. The Morgan fingerprint density at radius 1 is 1.12 bits per heavy atom. The summed E-state index contributed by atoms with van der Waals surface area (Å²) >= 11 is 15.2. The first kappa shape index (κ1) is 17.9. The number of quaternary nitrogens is 1. The van der Waals surface area contributed by atoms with Crippen LogP contribution in [-0.2, 0) is 12.2 Å². The summed E-state index contributed by atoms with van der Waals surface area (Å²) in [6.45, 7) is 0.988. The highest BCUT2D eigenvalue weighted by Gasteiger charge is 2.12. The van der Waals surface area contributed by atoms with Crippen LogP contribution in [0.4, 0.5) is 0 Å². The summed E-state index contributed by atoms with van der Waals surface area (Å²) in [7, 11) is 0. The van der Waals surface area contributed by atoms with Gasteiger partial charge in [-0.25, -0.2) is 0 Å². The third-order valence-corrected chi connectivity index (χ3v) is 6.38. The van der Waals surface area contributed by atoms with Gasteiger partial charge in [-0.15, -0.1) is 15.3 Å². The number of nitrogens with zero attached hydrogens (tertiary/aromatic N) is 4. The Hall–Kier alpha value is -0.860. The van der Waals surface area contributed by atoms with E-state index in [1.165, 1.54) is 6.42 Å². The molecular weight excluding hydrogens is 385 g/mol. The molecule has 0 saturated heterocycles. The summed E-state index contributed by atoms with van der Waals surface area (Å²) in [6.07, 6.45) is 4.33. The number of halogens is 2. The maximum atomic E-state index is 6.05. The second-order valence-corrected chi connectivity index (χ2v) is 8.37. The van der Waals surface area contributed by atoms with Crippen molar-refractivity contribution >= 4 is 51.3 Å². The molecule has 0 aliphatic heterocycles. The van der Waals surface area contributed by atoms with E-state index in [-0.39, 0.29) is 0 Å². The van der Waals surface area contributed by atoms with Crippen LogP contribution in [0.1, 0.15) is 30.7 Å². The Bertz CT molecular complexity index is 817. The van der Waals surface area contributed by atoms with E-state index < -0.39 is 0 Å². The van der Waals surface area contributed by atoms with E-state index in [1.54, 1.807) is 23.1 Å². The lowest BCUT2D eigenvalue weighted by molar-refractivity contribution is -0.368. The lowest BCUT2D eigenvalue weighted by atomic mass is 10.2. The lowest BCUT2D eigenvalue weighted by Crippen LogP contribution is -2.50. The second kappa shape index (κ2) is 8.49. The highest BCUT2D eigenvalue weighted by Crippen LogP contribution is 2.30. The van der Waals surface area contributed by atoms with E-state index in [0.717, 1.165) is 52.2 Å². The molecule has 0 spiro atoms. The summed E-state index contributed by atoms with van der Waals surface area (Å²) in [5.74, 6) is 1.73. The first-order chi connectivity index (χ1) is 11.7. The van der Waals surface area contributed by atoms with Gasteiger partial charge in [0.1, 0.15) is 0 Å². The van der Waals surface area contributed by atoms with Gasteiger partial charge in [0.25, 0.3) is 0 Å². The number of hydrogen-bond acceptors (Lipinski definition) is 5. The normalized spacial score (nSPS) is 11.5. The molecule has 3 N–H and O–H groups in total. The number of benzene rings is 1. The predicted molar refractivity (Wildman–Crippen MR) is 100.0 cm³/mol. The van der Waals surface area contributed by atoms with Crippen LogP contribution in [0, 0.1) is 0 Å². The molecule has 0 aliphatic rings. The molecule has 5 nitrogen and oxygen atoms in total. The van der Waals surface area contributed by atoms with Gasteiger partial charge in [0, 0.05) is 12.2 Å². The minimum Gasteiger partial charge on any atom is -0.358 e. The molecular formula is C15H18Cl2N5S2+. The molecule has 0 bridgehead atoms. The van der Waals surface area contributed by atoms with Crippen molar-refractivity contribution < 1.29 is 5.73 Å². The van der Waals surface area contributed by atoms with Crippen molar-refractivity contribution in [2.24, 2.45) is 0 Å². The maximum Gasteiger partial charge on any atom is 0.235 e. The molecule has 0 unspecified atom stereocenters. The third-order valence-electron chi connectivity index (χ3n) is 3.53. The number of aryl methyl sites for hydroxylation is 1. The monoisotopic (exact) mass is 402 g/mol. The molecule has 0 aliphatic carbocycles. The van der Waals surface area contributed by atoms with Crippen molar-refractivity contribution in [1.29, 1.82) is 0 Å². The Labute approximate surface area is 158 Å². The molecule has 2 aromatic heterocycles. The van der Waals surface area contributed by atoms with Crippen LogP contribution >= 0.6 is 46.3 Å². The quantitative estimate of drug-likeness (QED) is 0.460. The average molecular weight is 403 g/mol. The van der Waals surface area contributed by atoms with Crippen LogP contribution in [0.15, 0.2) is 22.5 Å². The molecule has 2 heterocycles. The Balaban J connectivity index is 1.63. The fraction of sp³-hybridized carbons (Fsp3) is 0.400. The molecule has 1 aromatic carbocycles. The van der Waals surface area contributed by atoms with E-state index in [4.69, 9.17) is 23.2 Å². The van der Waals surface area contributed by atoms with Gasteiger partial charge in [-0.3, -0.25) is 0 Å². The van der Waals surface area contributed by atoms with Crippen molar-refractivity contribution in [3.8, 4) is 0 Å². The van der Waals surface area contributed by atoms with Crippen LogP contribution in [0.2, 0.25) is 10.0 Å². The molecule has 0 atom stereocenters. The van der Waals surface area contributed by atoms with E-state index in [9.17, 15) is 0 Å². The third kappa shape index (κ3) is 4.40. The fourth-order valence-electron chi connectivity index (χ4n) is 2.27. The van der Waals surface area contributed by atoms with Gasteiger partial charge in [0.05, 0.1) is 16.6 Å². The molecule has 9 heteroatoms. The van der Waals surface area contributed by atoms with Gasteiger partial charge in [-0.2, -0.15) is 4.52 Å². The molecule has 24 heavy (non-hydrogen) atoms. The Kier molecular flexibility index (Phi) is 6.35. The molecule has 3 rings (SSSR count). The zero-order chi connectivity index (χ0) is 16.9. The second-order valence-electron chi connectivity index (χ2n) is 5.38. The van der Waals surface area contributed by atoms with E-state index in [2.05, 4.69) is 21.0 Å². The van der Waals surface area contributed by atoms with E-state index in [0.29, 0.717) is 10.0 Å². The minimum atomic E-state index is 0.577. The minimum absolute atomic E-state index is 0.577. The van der Waals surface area contributed by atoms with Crippen LogP contribution in [0.5, 0.6) is 0 Å². The smallest absolute Gasteiger partial charge is 0.235 e. The topological polar surface area (TPSA) is 70.7 Å². The van der Waals surface area contributed by atoms with Crippen molar-refractivity contribution in [3.63, 3.8) is 0 Å². The van der Waals surface area contributed by atoms with Crippen molar-refractivity contribution in [3.05, 3.63) is 39.6 Å². The molecule has 0 radical (unpaired) electrons. The fourth-order valence-corrected chi connectivity index (χ4v) is 4.42. The maximum absolute atomic E-state index is 6.05. The number of unbranched alkanes of at least 4 members (excludes halogenated alkanes) is 2. The summed E-state index contributed by atoms with van der Waals surface area (Å²) < 4.78 is 2.84. The lowest BCUT2D eigenvalue weighted by Gasteiger charge is -2.01. The molecule has 128 valence electrons. The van der Waals surface area contributed by atoms with Crippen molar-refractivity contribution in [2.45, 2.75) is 35.8 Å². The van der Waals surface area contributed by atoms with E-state index in [1.807, 2.05) is 22.7 Å². The summed E-state index contributed by atoms with van der Waals surface area (Å²) in [5, 5.41) is 14.2. The van der Waals surface area contributed by atoms with Gasteiger partial charge < -0.3 is 5.73 Å². The Morgan fingerprint density at radius 2 is 2.00 bits per heavy atom. The largest absolute Gasteiger partial charge is 0.358 e. The van der Waals surface area contributed by atoms with Crippen LogP contribution < -0.4 is 5.73 Å². The Morgan fingerprint density at radius 3 is 2.79 bits per heavy atom. The molecule has 0 saturated carbocycles. The zero-order valence-electron chi connectivity index (χ0n) is 13.0. The standard InChI is InChI=1S/C15H17Cl2N5S2/c16-11-6-5-10(8-12(11)17)9-23-15-21-22-13(4-2-1-3-7-18)19-20-14(22)24-15/h5-6,8H,1-4,7,9,18H2/p+1. The van der Waals surface area contributed by atoms with E-state index >= 15 is 0 Å². The number of aromatic nitrogens is 4. The number of rotatable bonds is 8. The van der Waals surface area contributed by atoms with Gasteiger partial charge in [-0.05, 0) is 37.0 Å². The number of thioether (sulfide) groups is 1. The molecule has 0 fully saturated rings. The van der Waals surface area contributed by atoms with Crippen LogP contribution in [-0.4, -0.2) is 26.4 Å². The van der Waals surface area contributed by atoms with Crippen LogP contribution in [0.25, 0.3) is 4.96 Å². The molecule has 0 amide bonds. The van der Waals surface area contributed by atoms with Gasteiger partial charge >= 0.3 is 0 Å². The van der Waals surface area contributed by atoms with Gasteiger partial charge in [-0.1, -0.05) is 52.4 Å². The summed E-state index contributed by atoms with van der Waals surface area (Å²) in [5.41, 5.74) is 4.99. The van der Waals surface area contributed by atoms with Gasteiger partial charge in [0.2, 0.25) is 4.96 Å². The highest BCUT2D eigenvalue weighted by atomic mass is 35.5. The first-order valence-electron chi connectivity index (χ1n) is 7.74. The summed E-state index contributed by atoms with van der Waals surface area (Å²) in [6, 6.07) is 5.70.